The Labute approximate surface area is 343 Å². The molecule has 0 nitrogen and oxygen atoms in total. The molecule has 0 aromatic heterocycles. The maximum atomic E-state index is 4.93. The number of rotatable bonds is 4. The summed E-state index contributed by atoms with van der Waals surface area (Å²) in [6.07, 6.45) is 2.20. The minimum Gasteiger partial charge on any atom is -0.184 e. The predicted molar refractivity (Wildman–Crippen MR) is 235 cm³/mol. The monoisotopic (exact) mass is 833 g/mol. The largest absolute Gasteiger partial charge is 0.184 e. The fourth-order valence-electron chi connectivity index (χ4n) is 7.46. The Morgan fingerprint density at radius 2 is 0.981 bits per heavy atom. The number of halogens is 2. The molecule has 0 fully saturated rings. The van der Waals surface area contributed by atoms with Gasteiger partial charge in [0, 0.05) is 0 Å². The van der Waals surface area contributed by atoms with Crippen molar-refractivity contribution >= 4 is 58.5 Å². The second-order valence-electron chi connectivity index (χ2n) is 13.8. The van der Waals surface area contributed by atoms with Gasteiger partial charge in [-0.3, -0.25) is 0 Å². The van der Waals surface area contributed by atoms with Gasteiger partial charge in [-0.25, -0.2) is 0 Å². The van der Waals surface area contributed by atoms with E-state index in [4.69, 9.17) is 17.0 Å². The Hall–Kier alpha value is -3.78. The Kier molecular flexibility index (Phi) is 13.8. The summed E-state index contributed by atoms with van der Waals surface area (Å²) in [6, 6.07) is 53.8. The van der Waals surface area contributed by atoms with Gasteiger partial charge < -0.3 is 0 Å². The molecule has 1 heterocycles. The molecule has 0 amide bonds. The summed E-state index contributed by atoms with van der Waals surface area (Å²) < 4.78 is 0. The third-order valence-corrected chi connectivity index (χ3v) is 11.7. The summed E-state index contributed by atoms with van der Waals surface area (Å²) in [7, 11) is 10.7. The van der Waals surface area contributed by atoms with Crippen LogP contribution in [0.4, 0.5) is 0 Å². The zero-order valence-corrected chi connectivity index (χ0v) is 36.9. The SMILES string of the molecule is CCc1cc2c(-c3ccccc3C)c(C)ccc2[cH-]1.CCc1cc2c(-c3ccccc3C)c(C)ccc2[cH-]1.[Cl][Zr][Cl].[c-]1cccc2c1[Si]c1ccccc1-2. The molecule has 1 aliphatic rings. The van der Waals surface area contributed by atoms with Crippen molar-refractivity contribution in [2.45, 2.75) is 54.4 Å². The Morgan fingerprint density at radius 1 is 0.537 bits per heavy atom. The van der Waals surface area contributed by atoms with E-state index in [0.717, 1.165) is 22.4 Å². The Bertz CT molecular complexity index is 2330. The van der Waals surface area contributed by atoms with Crippen LogP contribution >= 0.6 is 17.0 Å². The van der Waals surface area contributed by atoms with Gasteiger partial charge in [0.1, 0.15) is 0 Å². The summed E-state index contributed by atoms with van der Waals surface area (Å²) in [5.41, 5.74) is 16.5. The Balaban J connectivity index is 0.000000135. The molecule has 0 aliphatic carbocycles. The van der Waals surface area contributed by atoms with Crippen molar-refractivity contribution in [2.24, 2.45) is 0 Å². The summed E-state index contributed by atoms with van der Waals surface area (Å²) in [4.78, 5) is 0. The number of fused-ring (bicyclic) bond motifs is 5. The van der Waals surface area contributed by atoms with E-state index in [-0.39, 0.29) is 0 Å². The molecule has 270 valence electrons. The van der Waals surface area contributed by atoms with Crippen LogP contribution in [0.1, 0.15) is 47.2 Å². The van der Waals surface area contributed by atoms with Gasteiger partial charge >= 0.3 is 37.9 Å². The van der Waals surface area contributed by atoms with Crippen molar-refractivity contribution in [3.63, 3.8) is 0 Å². The molecule has 2 radical (unpaired) electrons. The van der Waals surface area contributed by atoms with Gasteiger partial charge in [0.05, 0.1) is 9.52 Å². The first-order valence-corrected chi connectivity index (χ1v) is 25.9. The first-order valence-electron chi connectivity index (χ1n) is 18.6. The molecule has 0 N–H and O–H groups in total. The van der Waals surface area contributed by atoms with Crippen molar-refractivity contribution in [1.29, 1.82) is 0 Å². The van der Waals surface area contributed by atoms with Crippen molar-refractivity contribution in [1.82, 2.24) is 0 Å². The van der Waals surface area contributed by atoms with E-state index in [2.05, 4.69) is 181 Å². The average molecular weight is 836 g/mol. The molecule has 0 saturated heterocycles. The molecule has 0 bridgehead atoms. The van der Waals surface area contributed by atoms with E-state index >= 15 is 0 Å². The van der Waals surface area contributed by atoms with Crippen LogP contribution < -0.4 is 10.4 Å². The van der Waals surface area contributed by atoms with Crippen LogP contribution in [0, 0.1) is 33.8 Å². The summed E-state index contributed by atoms with van der Waals surface area (Å²) in [5, 5.41) is 8.34. The third-order valence-electron chi connectivity index (χ3n) is 10.3. The van der Waals surface area contributed by atoms with Crippen LogP contribution in [0.3, 0.4) is 0 Å². The first-order chi connectivity index (χ1) is 26.3. The predicted octanol–water partition coefficient (Wildman–Crippen LogP) is 13.3. The standard InChI is InChI=1S/2C19H19.C12H7Si.2ClH.Zr/c2*1-4-15-11-16-10-9-14(3)19(18(16)12-15)17-8-6-5-7-13(17)2;1-3-7-11-9(5-1)10-6-2-4-8-12(10)13-11;;;/h2*5-12H,4H2,1-3H3;1-7H;2*1H;/q3*-1;;;+2/p-2. The topological polar surface area (TPSA) is 0 Å². The third kappa shape index (κ3) is 8.85. The minimum atomic E-state index is -0.826. The van der Waals surface area contributed by atoms with Crippen LogP contribution in [0.25, 0.3) is 54.9 Å². The number of aryl methyl sites for hydroxylation is 6. The maximum Gasteiger partial charge on any atom is 0.0920 e. The van der Waals surface area contributed by atoms with Crippen molar-refractivity contribution in [3.05, 3.63) is 179 Å². The average Bonchev–Trinajstić information content (AvgIpc) is 3.92. The van der Waals surface area contributed by atoms with Crippen LogP contribution in [0.15, 0.2) is 140 Å². The van der Waals surface area contributed by atoms with Gasteiger partial charge in [-0.2, -0.15) is 41.6 Å². The van der Waals surface area contributed by atoms with Gasteiger partial charge in [0.15, 0.2) is 0 Å². The van der Waals surface area contributed by atoms with E-state index in [9.17, 15) is 0 Å². The molecule has 9 rings (SSSR count). The number of hydrogen-bond acceptors (Lipinski definition) is 0. The molecule has 0 unspecified atom stereocenters. The zero-order chi connectivity index (χ0) is 38.2. The number of hydrogen-bond donors (Lipinski definition) is 0. The second-order valence-corrected chi connectivity index (χ2v) is 18.8. The van der Waals surface area contributed by atoms with Crippen LogP contribution in [-0.4, -0.2) is 9.52 Å². The quantitative estimate of drug-likeness (QED) is 0.122. The van der Waals surface area contributed by atoms with Gasteiger partial charge in [-0.05, 0) is 62.8 Å². The normalized spacial score (nSPS) is 11.0. The minimum absolute atomic E-state index is 0.795. The fraction of sp³-hybridized carbons (Fsp3) is 0.160. The molecule has 0 saturated carbocycles. The maximum absolute atomic E-state index is 4.93. The van der Waals surface area contributed by atoms with Gasteiger partial charge in [0.2, 0.25) is 0 Å². The first kappa shape index (κ1) is 39.9. The molecule has 8 aromatic rings. The molecule has 1 aliphatic heterocycles. The van der Waals surface area contributed by atoms with Crippen LogP contribution in [-0.2, 0) is 33.7 Å². The molecule has 4 heteroatoms. The molecular formula is C50H45Cl2SiZr-3. The smallest absolute Gasteiger partial charge is 0.0920 e. The van der Waals surface area contributed by atoms with Gasteiger partial charge in [0.25, 0.3) is 0 Å². The molecule has 0 spiro atoms. The molecular weight excluding hydrogens is 791 g/mol. The number of benzene rings is 6. The molecule has 54 heavy (non-hydrogen) atoms. The molecule has 0 atom stereocenters. The van der Waals surface area contributed by atoms with Crippen LogP contribution in [0.5, 0.6) is 0 Å². The second kappa shape index (κ2) is 18.7. The van der Waals surface area contributed by atoms with Gasteiger partial charge in [-0.1, -0.05) is 120 Å². The zero-order valence-electron chi connectivity index (χ0n) is 31.9. The van der Waals surface area contributed by atoms with Crippen molar-refractivity contribution < 1.29 is 20.8 Å². The Morgan fingerprint density at radius 3 is 1.46 bits per heavy atom. The van der Waals surface area contributed by atoms with Gasteiger partial charge in [-0.15, -0.1) is 74.6 Å². The van der Waals surface area contributed by atoms with Crippen molar-refractivity contribution in [3.8, 4) is 33.4 Å². The van der Waals surface area contributed by atoms with E-state index in [1.165, 1.54) is 98.7 Å². The van der Waals surface area contributed by atoms with Crippen LogP contribution in [0.2, 0.25) is 0 Å². The summed E-state index contributed by atoms with van der Waals surface area (Å²) in [6.45, 7) is 13.2. The van der Waals surface area contributed by atoms with E-state index < -0.39 is 20.8 Å². The summed E-state index contributed by atoms with van der Waals surface area (Å²) in [5.74, 6) is 0. The van der Waals surface area contributed by atoms with Crippen molar-refractivity contribution in [2.75, 3.05) is 0 Å². The van der Waals surface area contributed by atoms with E-state index in [1.807, 2.05) is 6.07 Å². The summed E-state index contributed by atoms with van der Waals surface area (Å²) >= 11 is -0.826. The molecule has 8 aromatic carbocycles. The van der Waals surface area contributed by atoms with E-state index in [1.54, 1.807) is 0 Å². The fourth-order valence-corrected chi connectivity index (χ4v) is 8.77. The van der Waals surface area contributed by atoms with E-state index in [0.29, 0.717) is 0 Å².